The summed E-state index contributed by atoms with van der Waals surface area (Å²) < 4.78 is 0. The third-order valence-corrected chi connectivity index (χ3v) is 4.73. The minimum absolute atomic E-state index is 0.0387. The van der Waals surface area contributed by atoms with Crippen LogP contribution < -0.4 is 10.2 Å². The fourth-order valence-electron chi connectivity index (χ4n) is 3.09. The quantitative estimate of drug-likeness (QED) is 0.870. The van der Waals surface area contributed by atoms with Crippen LogP contribution in [0.1, 0.15) is 23.1 Å². The predicted octanol–water partition coefficient (Wildman–Crippen LogP) is 1.90. The molecular formula is C20H26N6O2. The van der Waals surface area contributed by atoms with Gasteiger partial charge in [0.2, 0.25) is 11.9 Å². The van der Waals surface area contributed by atoms with Crippen LogP contribution in [0.3, 0.4) is 0 Å². The van der Waals surface area contributed by atoms with E-state index in [1.807, 2.05) is 50.2 Å². The molecule has 1 aromatic heterocycles. The van der Waals surface area contributed by atoms with Crippen LogP contribution in [0.15, 0.2) is 30.3 Å². The smallest absolute Gasteiger partial charge is 0.272 e. The largest absolute Gasteiger partial charge is 0.378 e. The van der Waals surface area contributed by atoms with Gasteiger partial charge in [-0.1, -0.05) is 0 Å². The number of hydrogen-bond donors (Lipinski definition) is 1. The van der Waals surface area contributed by atoms with E-state index in [0.29, 0.717) is 43.5 Å². The fraction of sp³-hybridized carbons (Fsp3) is 0.400. The SMILES string of the molecule is CC(=O)N1CCN(C(=O)c2cc(C)nc(Nc3ccc(N(C)C)cc3)n2)CC1. The Morgan fingerprint density at radius 2 is 1.61 bits per heavy atom. The lowest BCUT2D eigenvalue weighted by atomic mass is 10.2. The Labute approximate surface area is 165 Å². The summed E-state index contributed by atoms with van der Waals surface area (Å²) in [5.74, 6) is 0.291. The topological polar surface area (TPSA) is 81.7 Å². The highest BCUT2D eigenvalue weighted by Gasteiger charge is 2.24. The van der Waals surface area contributed by atoms with Crippen LogP contribution in [0, 0.1) is 6.92 Å². The molecule has 0 bridgehead atoms. The monoisotopic (exact) mass is 382 g/mol. The van der Waals surface area contributed by atoms with E-state index in [0.717, 1.165) is 11.4 Å². The molecule has 0 unspecified atom stereocenters. The summed E-state index contributed by atoms with van der Waals surface area (Å²) in [7, 11) is 3.97. The number of amides is 2. The standard InChI is InChI=1S/C20H26N6O2/c1-14-13-18(19(28)26-11-9-25(10-12-26)15(2)27)23-20(21-14)22-16-5-7-17(8-6-16)24(3)4/h5-8,13H,9-12H2,1-4H3,(H,21,22,23). The minimum Gasteiger partial charge on any atom is -0.378 e. The zero-order chi connectivity index (χ0) is 20.3. The second-order valence-corrected chi connectivity index (χ2v) is 7.08. The molecule has 0 saturated carbocycles. The number of hydrogen-bond acceptors (Lipinski definition) is 6. The number of nitrogens with zero attached hydrogens (tertiary/aromatic N) is 5. The predicted molar refractivity (Wildman–Crippen MR) is 109 cm³/mol. The number of rotatable bonds is 4. The molecule has 1 fully saturated rings. The molecule has 2 amide bonds. The highest BCUT2D eigenvalue weighted by Crippen LogP contribution is 2.19. The van der Waals surface area contributed by atoms with Crippen molar-refractivity contribution in [2.45, 2.75) is 13.8 Å². The molecule has 2 aromatic rings. The lowest BCUT2D eigenvalue weighted by Gasteiger charge is -2.34. The van der Waals surface area contributed by atoms with Gasteiger partial charge in [0.25, 0.3) is 5.91 Å². The van der Waals surface area contributed by atoms with Crippen LogP contribution in [-0.4, -0.2) is 71.9 Å². The third-order valence-electron chi connectivity index (χ3n) is 4.73. The maximum Gasteiger partial charge on any atom is 0.272 e. The van der Waals surface area contributed by atoms with Crippen molar-refractivity contribution in [3.63, 3.8) is 0 Å². The molecule has 8 heteroatoms. The van der Waals surface area contributed by atoms with E-state index in [-0.39, 0.29) is 11.8 Å². The zero-order valence-corrected chi connectivity index (χ0v) is 16.8. The fourth-order valence-corrected chi connectivity index (χ4v) is 3.09. The Hall–Kier alpha value is -3.16. The maximum atomic E-state index is 12.9. The number of carbonyl (C=O) groups excluding carboxylic acids is 2. The average Bonchev–Trinajstić information content (AvgIpc) is 2.67. The molecule has 28 heavy (non-hydrogen) atoms. The van der Waals surface area contributed by atoms with Crippen molar-refractivity contribution in [3.05, 3.63) is 41.7 Å². The Bertz CT molecular complexity index is 857. The van der Waals surface area contributed by atoms with Gasteiger partial charge in [-0.25, -0.2) is 9.97 Å². The Kier molecular flexibility index (Phi) is 5.77. The van der Waals surface area contributed by atoms with Crippen molar-refractivity contribution in [1.82, 2.24) is 19.8 Å². The molecule has 8 nitrogen and oxygen atoms in total. The molecule has 0 spiro atoms. The van der Waals surface area contributed by atoms with E-state index < -0.39 is 0 Å². The average molecular weight is 382 g/mol. The van der Waals surface area contributed by atoms with E-state index in [4.69, 9.17) is 0 Å². The van der Waals surface area contributed by atoms with Crippen molar-refractivity contribution >= 4 is 29.1 Å². The Morgan fingerprint density at radius 3 is 2.18 bits per heavy atom. The Morgan fingerprint density at radius 1 is 1.00 bits per heavy atom. The first-order valence-electron chi connectivity index (χ1n) is 9.28. The van der Waals surface area contributed by atoms with Gasteiger partial charge in [0, 0.05) is 64.3 Å². The Balaban J connectivity index is 1.72. The zero-order valence-electron chi connectivity index (χ0n) is 16.8. The van der Waals surface area contributed by atoms with Crippen molar-refractivity contribution in [3.8, 4) is 0 Å². The van der Waals surface area contributed by atoms with E-state index in [2.05, 4.69) is 15.3 Å². The molecule has 1 aromatic carbocycles. The van der Waals surface area contributed by atoms with Crippen molar-refractivity contribution < 1.29 is 9.59 Å². The van der Waals surface area contributed by atoms with Crippen molar-refractivity contribution in [1.29, 1.82) is 0 Å². The first-order valence-corrected chi connectivity index (χ1v) is 9.28. The summed E-state index contributed by atoms with van der Waals surface area (Å²) in [5, 5.41) is 3.17. The van der Waals surface area contributed by atoms with Gasteiger partial charge in [-0.15, -0.1) is 0 Å². The van der Waals surface area contributed by atoms with Gasteiger partial charge in [0.05, 0.1) is 0 Å². The van der Waals surface area contributed by atoms with Gasteiger partial charge in [0.1, 0.15) is 5.69 Å². The van der Waals surface area contributed by atoms with Crippen LogP contribution in [0.4, 0.5) is 17.3 Å². The number of benzene rings is 1. The van der Waals surface area contributed by atoms with Gasteiger partial charge in [-0.2, -0.15) is 0 Å². The van der Waals surface area contributed by atoms with Crippen LogP contribution in [0.2, 0.25) is 0 Å². The summed E-state index contributed by atoms with van der Waals surface area (Å²) in [6.07, 6.45) is 0. The summed E-state index contributed by atoms with van der Waals surface area (Å²) in [4.78, 5) is 38.6. The number of aromatic nitrogens is 2. The normalized spacial score (nSPS) is 14.0. The molecule has 1 saturated heterocycles. The number of piperazine rings is 1. The molecule has 148 valence electrons. The summed E-state index contributed by atoms with van der Waals surface area (Å²) in [6.45, 7) is 5.51. The van der Waals surface area contributed by atoms with Crippen molar-refractivity contribution in [2.75, 3.05) is 50.5 Å². The first-order chi connectivity index (χ1) is 13.3. The molecule has 1 aliphatic heterocycles. The van der Waals surface area contributed by atoms with Crippen molar-refractivity contribution in [2.24, 2.45) is 0 Å². The third kappa shape index (κ3) is 4.57. The number of anilines is 3. The van der Waals surface area contributed by atoms with Gasteiger partial charge < -0.3 is 20.0 Å². The minimum atomic E-state index is -0.139. The summed E-state index contributed by atoms with van der Waals surface area (Å²) in [6, 6.07) is 9.59. The van der Waals surface area contributed by atoms with E-state index in [1.165, 1.54) is 0 Å². The molecule has 2 heterocycles. The van der Waals surface area contributed by atoms with E-state index >= 15 is 0 Å². The van der Waals surface area contributed by atoms with Gasteiger partial charge >= 0.3 is 0 Å². The molecule has 1 N–H and O–H groups in total. The molecule has 0 aliphatic carbocycles. The summed E-state index contributed by atoms with van der Waals surface area (Å²) >= 11 is 0. The van der Waals surface area contributed by atoms with Gasteiger partial charge in [-0.05, 0) is 37.3 Å². The molecule has 0 atom stereocenters. The van der Waals surface area contributed by atoms with Gasteiger partial charge in [0.15, 0.2) is 0 Å². The van der Waals surface area contributed by atoms with Gasteiger partial charge in [-0.3, -0.25) is 9.59 Å². The maximum absolute atomic E-state index is 12.9. The van der Waals surface area contributed by atoms with Crippen LogP contribution in [0.5, 0.6) is 0 Å². The lowest BCUT2D eigenvalue weighted by molar-refractivity contribution is -0.130. The second kappa shape index (κ2) is 8.24. The highest BCUT2D eigenvalue weighted by atomic mass is 16.2. The van der Waals surface area contributed by atoms with Crippen LogP contribution in [0.25, 0.3) is 0 Å². The highest BCUT2D eigenvalue weighted by molar-refractivity contribution is 5.93. The van der Waals surface area contributed by atoms with Crippen LogP contribution >= 0.6 is 0 Å². The van der Waals surface area contributed by atoms with E-state index in [1.54, 1.807) is 22.8 Å². The molecular weight excluding hydrogens is 356 g/mol. The second-order valence-electron chi connectivity index (χ2n) is 7.08. The number of nitrogens with one attached hydrogen (secondary N) is 1. The molecule has 0 radical (unpaired) electrons. The van der Waals surface area contributed by atoms with E-state index in [9.17, 15) is 9.59 Å². The number of carbonyl (C=O) groups is 2. The number of aryl methyl sites for hydroxylation is 1. The molecule has 1 aliphatic rings. The van der Waals surface area contributed by atoms with Crippen LogP contribution in [-0.2, 0) is 4.79 Å². The summed E-state index contributed by atoms with van der Waals surface area (Å²) in [5.41, 5.74) is 3.02. The first kappa shape index (κ1) is 19.6. The lowest BCUT2D eigenvalue weighted by Crippen LogP contribution is -2.50. The molecule has 3 rings (SSSR count).